The average Bonchev–Trinajstić information content (AvgIpc) is 2.74. The Kier molecular flexibility index (Phi) is 8.57. The van der Waals surface area contributed by atoms with Crippen LogP contribution in [0.25, 0.3) is 0 Å². The van der Waals surface area contributed by atoms with E-state index in [4.69, 9.17) is 23.6 Å². The molecule has 0 aromatic heterocycles. The van der Waals surface area contributed by atoms with Crippen LogP contribution in [0.4, 0.5) is 0 Å². The molecule has 178 valence electrons. The van der Waals surface area contributed by atoms with Crippen molar-refractivity contribution in [2.24, 2.45) is 0 Å². The molecule has 0 saturated carbocycles. The minimum absolute atomic E-state index is 0.207. The van der Waals surface area contributed by atoms with Crippen molar-refractivity contribution in [2.45, 2.75) is 79.1 Å². The number of aryl methyl sites for hydroxylation is 2. The Hall–Kier alpha value is -1.85. The minimum Gasteiger partial charge on any atom is -0.327 e. The molecule has 0 amide bonds. The lowest BCUT2D eigenvalue weighted by Gasteiger charge is -2.24. The molecule has 0 unspecified atom stereocenters. The van der Waals surface area contributed by atoms with Crippen molar-refractivity contribution in [1.29, 1.82) is 0 Å². The molecule has 0 aliphatic rings. The molecule has 6 nitrogen and oxygen atoms in total. The smallest absolute Gasteiger partial charge is 0.327 e. The van der Waals surface area contributed by atoms with Crippen molar-refractivity contribution in [3.05, 3.63) is 58.7 Å². The molecule has 0 radical (unpaired) electrons. The van der Waals surface area contributed by atoms with E-state index in [-0.39, 0.29) is 10.8 Å². The van der Waals surface area contributed by atoms with Crippen LogP contribution in [0.15, 0.2) is 36.4 Å². The van der Waals surface area contributed by atoms with Gasteiger partial charge in [-0.2, -0.15) is 0 Å². The molecule has 0 bridgehead atoms. The van der Waals surface area contributed by atoms with Crippen LogP contribution >= 0.6 is 7.82 Å². The van der Waals surface area contributed by atoms with Gasteiger partial charge in [-0.3, -0.25) is 4.52 Å². The summed E-state index contributed by atoms with van der Waals surface area (Å²) in [6, 6.07) is 11.6. The van der Waals surface area contributed by atoms with Gasteiger partial charge in [0.15, 0.2) is 11.5 Å². The summed E-state index contributed by atoms with van der Waals surface area (Å²) in [5.74, 6) is 0.886. The Balaban J connectivity index is 2.21. The Morgan fingerprint density at radius 3 is 1.38 bits per heavy atom. The van der Waals surface area contributed by atoms with Crippen LogP contribution in [0.2, 0.25) is 0 Å². The van der Waals surface area contributed by atoms with Gasteiger partial charge in [-0.05, 0) is 46.9 Å². The summed E-state index contributed by atoms with van der Waals surface area (Å²) < 4.78 is 28.3. The standard InChI is InChI=1S/C25H37O6P/c1-10-18-12-14-22(20(16-18)24(3,4)5)28-30-32(26,27-9)31-29-23-15-13-19(11-2)17-21(23)25(6,7)8/h12-17H,10-11H2,1-9H3. The van der Waals surface area contributed by atoms with Crippen LogP contribution in [0.3, 0.4) is 0 Å². The topological polar surface area (TPSA) is 63.2 Å². The van der Waals surface area contributed by atoms with E-state index in [2.05, 4.69) is 67.5 Å². The first-order valence-electron chi connectivity index (χ1n) is 11.0. The molecule has 0 saturated heterocycles. The zero-order valence-electron chi connectivity index (χ0n) is 20.8. The Labute approximate surface area is 192 Å². The van der Waals surface area contributed by atoms with Crippen LogP contribution < -0.4 is 9.78 Å². The van der Waals surface area contributed by atoms with Crippen molar-refractivity contribution in [2.75, 3.05) is 7.11 Å². The van der Waals surface area contributed by atoms with Gasteiger partial charge in [-0.15, -0.1) is 0 Å². The van der Waals surface area contributed by atoms with E-state index in [0.717, 1.165) is 24.0 Å². The lowest BCUT2D eigenvalue weighted by Crippen LogP contribution is -2.15. The lowest BCUT2D eigenvalue weighted by atomic mass is 9.85. The molecule has 32 heavy (non-hydrogen) atoms. The van der Waals surface area contributed by atoms with Gasteiger partial charge >= 0.3 is 7.82 Å². The molecule has 0 aliphatic carbocycles. The highest BCUT2D eigenvalue weighted by atomic mass is 31.2. The monoisotopic (exact) mass is 464 g/mol. The van der Waals surface area contributed by atoms with E-state index in [1.807, 2.05) is 12.1 Å². The molecule has 0 heterocycles. The molecule has 2 aromatic carbocycles. The van der Waals surface area contributed by atoms with Gasteiger partial charge in [-0.25, -0.2) is 4.57 Å². The molecule has 2 aromatic rings. The second-order valence-electron chi connectivity index (χ2n) is 9.81. The van der Waals surface area contributed by atoms with Crippen LogP contribution in [0.5, 0.6) is 11.5 Å². The van der Waals surface area contributed by atoms with Crippen molar-refractivity contribution >= 4 is 7.82 Å². The molecule has 0 spiro atoms. The largest absolute Gasteiger partial charge is 0.546 e. The zero-order valence-corrected chi connectivity index (χ0v) is 21.7. The van der Waals surface area contributed by atoms with Crippen LogP contribution in [-0.2, 0) is 42.1 Å². The van der Waals surface area contributed by atoms with E-state index in [1.54, 1.807) is 12.1 Å². The predicted molar refractivity (Wildman–Crippen MR) is 127 cm³/mol. The van der Waals surface area contributed by atoms with Gasteiger partial charge in [0.25, 0.3) is 0 Å². The van der Waals surface area contributed by atoms with E-state index in [0.29, 0.717) is 11.5 Å². The number of hydrogen-bond donors (Lipinski definition) is 0. The average molecular weight is 465 g/mol. The third-order valence-corrected chi connectivity index (χ3v) is 6.14. The quantitative estimate of drug-likeness (QED) is 0.218. The van der Waals surface area contributed by atoms with Gasteiger partial charge in [0, 0.05) is 18.2 Å². The molecule has 7 heteroatoms. The molecule has 0 atom stereocenters. The number of benzene rings is 2. The maximum atomic E-state index is 13.0. The lowest BCUT2D eigenvalue weighted by molar-refractivity contribution is -0.191. The fourth-order valence-corrected chi connectivity index (χ4v) is 3.65. The number of phosphoric acid groups is 1. The van der Waals surface area contributed by atoms with E-state index < -0.39 is 7.82 Å². The van der Waals surface area contributed by atoms with Gasteiger partial charge in [0.1, 0.15) is 0 Å². The summed E-state index contributed by atoms with van der Waals surface area (Å²) in [5.41, 5.74) is 3.77. The van der Waals surface area contributed by atoms with E-state index >= 15 is 0 Å². The highest BCUT2D eigenvalue weighted by molar-refractivity contribution is 7.48. The van der Waals surface area contributed by atoms with Crippen molar-refractivity contribution in [3.63, 3.8) is 0 Å². The first-order valence-corrected chi connectivity index (χ1v) is 12.4. The highest BCUT2D eigenvalue weighted by Gasteiger charge is 2.33. The SMILES string of the molecule is CCc1ccc(OOP(=O)(OC)OOc2ccc(CC)cc2C(C)(C)C)c(C(C)(C)C)c1. The van der Waals surface area contributed by atoms with Gasteiger partial charge in [0.2, 0.25) is 0 Å². The second-order valence-corrected chi connectivity index (χ2v) is 11.4. The minimum atomic E-state index is -4.16. The molecule has 2 rings (SSSR count). The molecule has 0 N–H and O–H groups in total. The first-order chi connectivity index (χ1) is 14.8. The van der Waals surface area contributed by atoms with Crippen LogP contribution in [0.1, 0.15) is 77.6 Å². The Bertz CT molecular complexity index is 882. The van der Waals surface area contributed by atoms with Crippen molar-refractivity contribution in [3.8, 4) is 11.5 Å². The van der Waals surface area contributed by atoms with Gasteiger partial charge < -0.3 is 9.78 Å². The Morgan fingerprint density at radius 1 is 0.719 bits per heavy atom. The van der Waals surface area contributed by atoms with E-state index in [9.17, 15) is 4.57 Å². The van der Waals surface area contributed by atoms with Crippen LogP contribution in [-0.4, -0.2) is 7.11 Å². The van der Waals surface area contributed by atoms with Gasteiger partial charge in [-0.1, -0.05) is 89.0 Å². The van der Waals surface area contributed by atoms with E-state index in [1.165, 1.54) is 18.2 Å². The normalized spacial score (nSPS) is 12.7. The molecule has 0 aliphatic heterocycles. The van der Waals surface area contributed by atoms with Crippen molar-refractivity contribution < 1.29 is 28.2 Å². The van der Waals surface area contributed by atoms with Gasteiger partial charge in [0.05, 0.1) is 0 Å². The number of rotatable bonds is 9. The van der Waals surface area contributed by atoms with Crippen molar-refractivity contribution in [1.82, 2.24) is 0 Å². The third-order valence-electron chi connectivity index (χ3n) is 5.18. The molecular formula is C25H37O6P. The third kappa shape index (κ3) is 6.82. The molecular weight excluding hydrogens is 427 g/mol. The Morgan fingerprint density at radius 2 is 1.09 bits per heavy atom. The first kappa shape index (κ1) is 26.4. The summed E-state index contributed by atoms with van der Waals surface area (Å²) >= 11 is 0. The number of hydrogen-bond acceptors (Lipinski definition) is 6. The fourth-order valence-electron chi connectivity index (χ4n) is 3.16. The summed E-state index contributed by atoms with van der Waals surface area (Å²) in [6.45, 7) is 16.6. The summed E-state index contributed by atoms with van der Waals surface area (Å²) in [7, 11) is -2.95. The summed E-state index contributed by atoms with van der Waals surface area (Å²) in [5, 5.41) is 0. The predicted octanol–water partition coefficient (Wildman–Crippen LogP) is 7.48. The van der Waals surface area contributed by atoms with Crippen LogP contribution in [0, 0.1) is 0 Å². The highest BCUT2D eigenvalue weighted by Crippen LogP contribution is 2.50. The fraction of sp³-hybridized carbons (Fsp3) is 0.520. The zero-order chi connectivity index (χ0) is 24.2. The summed E-state index contributed by atoms with van der Waals surface area (Å²) in [4.78, 5) is 10.9. The molecule has 0 fully saturated rings. The second kappa shape index (κ2) is 10.4. The summed E-state index contributed by atoms with van der Waals surface area (Å²) in [6.07, 6.45) is 1.79. The maximum absolute atomic E-state index is 13.0. The maximum Gasteiger partial charge on any atom is 0.546 e.